The van der Waals surface area contributed by atoms with Crippen LogP contribution in [-0.2, 0) is 4.79 Å². The average Bonchev–Trinajstić information content (AvgIpc) is 2.48. The lowest BCUT2D eigenvalue weighted by Gasteiger charge is -2.28. The minimum atomic E-state index is 0.100. The Bertz CT molecular complexity index is 495. The summed E-state index contributed by atoms with van der Waals surface area (Å²) in [5.41, 5.74) is 1.11. The van der Waals surface area contributed by atoms with Gasteiger partial charge in [-0.3, -0.25) is 4.79 Å². The fourth-order valence-electron chi connectivity index (χ4n) is 2.81. The third kappa shape index (κ3) is 2.65. The Morgan fingerprint density at radius 1 is 1.21 bits per heavy atom. The molecule has 3 nitrogen and oxygen atoms in total. The van der Waals surface area contributed by atoms with Gasteiger partial charge in [0.15, 0.2) is 0 Å². The number of amides is 1. The summed E-state index contributed by atoms with van der Waals surface area (Å²) in [6, 6.07) is 8.07. The summed E-state index contributed by atoms with van der Waals surface area (Å²) < 4.78 is 5.62. The van der Waals surface area contributed by atoms with Gasteiger partial charge in [-0.05, 0) is 25.3 Å². The minimum Gasteiger partial charge on any atom is -0.493 e. The molecule has 1 aromatic rings. The molecular weight excluding hydrogens is 238 g/mol. The van der Waals surface area contributed by atoms with Crippen molar-refractivity contribution in [3.63, 3.8) is 0 Å². The smallest absolute Gasteiger partial charge is 0.223 e. The fraction of sp³-hybridized carbons (Fsp3) is 0.438. The summed E-state index contributed by atoms with van der Waals surface area (Å²) in [4.78, 5) is 12.3. The van der Waals surface area contributed by atoms with Crippen molar-refractivity contribution in [1.29, 1.82) is 0 Å². The predicted octanol–water partition coefficient (Wildman–Crippen LogP) is 2.98. The number of allylic oxidation sites excluding steroid dienone is 2. The van der Waals surface area contributed by atoms with Gasteiger partial charge in [0.25, 0.3) is 0 Å². The van der Waals surface area contributed by atoms with E-state index in [4.69, 9.17) is 4.74 Å². The Kier molecular flexibility index (Phi) is 3.53. The summed E-state index contributed by atoms with van der Waals surface area (Å²) in [6.07, 6.45) is 7.98. The molecule has 0 saturated heterocycles. The van der Waals surface area contributed by atoms with Crippen molar-refractivity contribution in [2.75, 3.05) is 6.61 Å². The van der Waals surface area contributed by atoms with Crippen LogP contribution in [-0.4, -0.2) is 12.5 Å². The first-order valence-corrected chi connectivity index (χ1v) is 7.01. The van der Waals surface area contributed by atoms with Crippen molar-refractivity contribution in [2.24, 2.45) is 5.92 Å². The summed E-state index contributed by atoms with van der Waals surface area (Å²) in [5.74, 6) is 1.23. The van der Waals surface area contributed by atoms with Crippen molar-refractivity contribution in [3.05, 3.63) is 42.0 Å². The van der Waals surface area contributed by atoms with Crippen molar-refractivity contribution in [3.8, 4) is 5.75 Å². The van der Waals surface area contributed by atoms with Gasteiger partial charge in [-0.1, -0.05) is 30.4 Å². The van der Waals surface area contributed by atoms with Crippen LogP contribution in [0.1, 0.15) is 37.3 Å². The quantitative estimate of drug-likeness (QED) is 0.827. The molecule has 1 N–H and O–H groups in total. The normalized spacial score (nSPS) is 25.3. The van der Waals surface area contributed by atoms with E-state index >= 15 is 0 Å². The number of para-hydroxylation sites is 1. The highest BCUT2D eigenvalue weighted by Gasteiger charge is 2.26. The number of fused-ring (bicyclic) bond motifs is 1. The maximum atomic E-state index is 12.3. The standard InChI is InChI=1S/C16H19NO2/c18-16(12-6-2-1-3-7-12)17-14-10-11-19-15-9-5-4-8-13(14)15/h1-2,4-5,8-9,12,14H,3,6-7,10-11H2,(H,17,18)/t12-,14+/m1/s1. The van der Waals surface area contributed by atoms with Gasteiger partial charge >= 0.3 is 0 Å². The molecule has 0 spiro atoms. The molecule has 1 amide bonds. The second-order valence-corrected chi connectivity index (χ2v) is 5.22. The third-order valence-corrected chi connectivity index (χ3v) is 3.91. The summed E-state index contributed by atoms with van der Waals surface area (Å²) >= 11 is 0. The minimum absolute atomic E-state index is 0.100. The van der Waals surface area contributed by atoms with Crippen molar-refractivity contribution < 1.29 is 9.53 Å². The number of carbonyl (C=O) groups is 1. The molecule has 0 radical (unpaired) electrons. The van der Waals surface area contributed by atoms with Gasteiger partial charge in [-0.25, -0.2) is 0 Å². The Morgan fingerprint density at radius 3 is 2.95 bits per heavy atom. The third-order valence-electron chi connectivity index (χ3n) is 3.91. The van der Waals surface area contributed by atoms with E-state index in [1.165, 1.54) is 0 Å². The van der Waals surface area contributed by atoms with Crippen molar-refractivity contribution in [1.82, 2.24) is 5.32 Å². The number of nitrogens with one attached hydrogen (secondary N) is 1. The number of hydrogen-bond acceptors (Lipinski definition) is 2. The largest absolute Gasteiger partial charge is 0.493 e. The van der Waals surface area contributed by atoms with E-state index in [0.29, 0.717) is 6.61 Å². The number of rotatable bonds is 2. The Balaban J connectivity index is 1.70. The van der Waals surface area contributed by atoms with Crippen LogP contribution < -0.4 is 10.1 Å². The molecule has 0 aromatic heterocycles. The molecule has 0 fully saturated rings. The highest BCUT2D eigenvalue weighted by Crippen LogP contribution is 2.32. The van der Waals surface area contributed by atoms with Gasteiger partial charge in [0.2, 0.25) is 5.91 Å². The van der Waals surface area contributed by atoms with E-state index in [1.807, 2.05) is 24.3 Å². The molecule has 1 aliphatic carbocycles. The molecule has 3 rings (SSSR count). The zero-order valence-electron chi connectivity index (χ0n) is 11.0. The van der Waals surface area contributed by atoms with Crippen LogP contribution in [0, 0.1) is 5.92 Å². The molecule has 2 aliphatic rings. The average molecular weight is 257 g/mol. The molecule has 100 valence electrons. The number of ether oxygens (including phenoxy) is 1. The van der Waals surface area contributed by atoms with E-state index in [0.717, 1.165) is 37.0 Å². The lowest BCUT2D eigenvalue weighted by molar-refractivity contribution is -0.126. The molecular formula is C16H19NO2. The first kappa shape index (κ1) is 12.3. The van der Waals surface area contributed by atoms with E-state index in [1.54, 1.807) is 0 Å². The van der Waals surface area contributed by atoms with Crippen LogP contribution in [0.2, 0.25) is 0 Å². The first-order valence-electron chi connectivity index (χ1n) is 7.01. The van der Waals surface area contributed by atoms with Gasteiger partial charge in [0.05, 0.1) is 12.6 Å². The Labute approximate surface area is 113 Å². The monoisotopic (exact) mass is 257 g/mol. The van der Waals surface area contributed by atoms with Gasteiger partial charge in [-0.2, -0.15) is 0 Å². The van der Waals surface area contributed by atoms with E-state index in [-0.39, 0.29) is 17.9 Å². The van der Waals surface area contributed by atoms with Crippen molar-refractivity contribution >= 4 is 5.91 Å². The lowest BCUT2D eigenvalue weighted by atomic mass is 9.92. The maximum Gasteiger partial charge on any atom is 0.223 e. The Morgan fingerprint density at radius 2 is 2.11 bits per heavy atom. The number of hydrogen-bond donors (Lipinski definition) is 1. The fourth-order valence-corrected chi connectivity index (χ4v) is 2.81. The van der Waals surface area contributed by atoms with Gasteiger partial charge in [-0.15, -0.1) is 0 Å². The molecule has 0 bridgehead atoms. The van der Waals surface area contributed by atoms with Crippen LogP contribution in [0.3, 0.4) is 0 Å². The Hall–Kier alpha value is -1.77. The van der Waals surface area contributed by atoms with Gasteiger partial charge < -0.3 is 10.1 Å². The topological polar surface area (TPSA) is 38.3 Å². The second kappa shape index (κ2) is 5.47. The predicted molar refractivity (Wildman–Crippen MR) is 73.9 cm³/mol. The second-order valence-electron chi connectivity index (χ2n) is 5.22. The number of carbonyl (C=O) groups excluding carboxylic acids is 1. The highest BCUT2D eigenvalue weighted by atomic mass is 16.5. The highest BCUT2D eigenvalue weighted by molar-refractivity contribution is 5.79. The zero-order chi connectivity index (χ0) is 13.1. The van der Waals surface area contributed by atoms with E-state index < -0.39 is 0 Å². The van der Waals surface area contributed by atoms with Crippen LogP contribution in [0.4, 0.5) is 0 Å². The number of benzene rings is 1. The van der Waals surface area contributed by atoms with Crippen LogP contribution >= 0.6 is 0 Å². The summed E-state index contributed by atoms with van der Waals surface area (Å²) in [7, 11) is 0. The van der Waals surface area contributed by atoms with Gasteiger partial charge in [0.1, 0.15) is 5.75 Å². The summed E-state index contributed by atoms with van der Waals surface area (Å²) in [5, 5.41) is 3.19. The maximum absolute atomic E-state index is 12.3. The van der Waals surface area contributed by atoms with Crippen LogP contribution in [0.5, 0.6) is 5.75 Å². The zero-order valence-corrected chi connectivity index (χ0v) is 11.0. The summed E-state index contributed by atoms with van der Waals surface area (Å²) in [6.45, 7) is 0.673. The first-order chi connectivity index (χ1) is 9.34. The van der Waals surface area contributed by atoms with Crippen LogP contribution in [0.15, 0.2) is 36.4 Å². The SMILES string of the molecule is O=C(N[C@H]1CCOc2ccccc21)[C@@H]1CC=CCC1. The van der Waals surface area contributed by atoms with Gasteiger partial charge in [0, 0.05) is 17.9 Å². The molecule has 1 aromatic carbocycles. The van der Waals surface area contributed by atoms with Crippen LogP contribution in [0.25, 0.3) is 0 Å². The lowest BCUT2D eigenvalue weighted by Crippen LogP contribution is -2.36. The molecule has 19 heavy (non-hydrogen) atoms. The van der Waals surface area contributed by atoms with E-state index in [2.05, 4.69) is 17.5 Å². The molecule has 0 unspecified atom stereocenters. The molecule has 1 heterocycles. The molecule has 2 atom stereocenters. The van der Waals surface area contributed by atoms with Crippen molar-refractivity contribution in [2.45, 2.75) is 31.7 Å². The molecule has 0 saturated carbocycles. The molecule has 3 heteroatoms. The molecule has 1 aliphatic heterocycles. The van der Waals surface area contributed by atoms with E-state index in [9.17, 15) is 4.79 Å².